The van der Waals surface area contributed by atoms with Gasteiger partial charge in [0, 0.05) is 43.1 Å². The molecule has 0 bridgehead atoms. The molecule has 1 saturated heterocycles. The van der Waals surface area contributed by atoms with Crippen molar-refractivity contribution in [3.8, 4) is 11.1 Å². The molecule has 0 aromatic heterocycles. The summed E-state index contributed by atoms with van der Waals surface area (Å²) < 4.78 is 34.8. The Balaban J connectivity index is 0.000000573. The number of likely N-dealkylation sites (tertiary alicyclic amines) is 1. The average Bonchev–Trinajstić information content (AvgIpc) is 3.07. The van der Waals surface area contributed by atoms with Crippen molar-refractivity contribution in [3.05, 3.63) is 89.2 Å². The molecule has 3 aromatic carbocycles. The van der Waals surface area contributed by atoms with E-state index >= 15 is 0 Å². The van der Waals surface area contributed by atoms with Crippen LogP contribution in [-0.4, -0.2) is 70.8 Å². The summed E-state index contributed by atoms with van der Waals surface area (Å²) >= 11 is 0.777. The highest BCUT2D eigenvalue weighted by Gasteiger charge is 2.25. The number of benzene rings is 3. The zero-order valence-electron chi connectivity index (χ0n) is 28.3. The summed E-state index contributed by atoms with van der Waals surface area (Å²) in [7, 11) is 0. The molecular formula is C37H50FN3O5S. The summed E-state index contributed by atoms with van der Waals surface area (Å²) in [5.41, 5.74) is 10.5. The van der Waals surface area contributed by atoms with Crippen molar-refractivity contribution >= 4 is 24.0 Å². The van der Waals surface area contributed by atoms with Gasteiger partial charge in [-0.05, 0) is 93.8 Å². The van der Waals surface area contributed by atoms with Gasteiger partial charge in [-0.15, -0.1) is 0 Å². The van der Waals surface area contributed by atoms with Gasteiger partial charge in [0.05, 0.1) is 24.9 Å². The fourth-order valence-electron chi connectivity index (χ4n) is 5.23. The monoisotopic (exact) mass is 667 g/mol. The van der Waals surface area contributed by atoms with Crippen molar-refractivity contribution in [2.45, 2.75) is 90.1 Å². The number of rotatable bonds is 12. The minimum absolute atomic E-state index is 0.101. The zero-order valence-corrected chi connectivity index (χ0v) is 29.1. The summed E-state index contributed by atoms with van der Waals surface area (Å²) in [5, 5.41) is 0. The molecule has 0 spiro atoms. The minimum Gasteiger partial charge on any atom is -0.447 e. The predicted octanol–water partition coefficient (Wildman–Crippen LogP) is 7.71. The van der Waals surface area contributed by atoms with Crippen LogP contribution in [0.15, 0.2) is 71.6 Å². The van der Waals surface area contributed by atoms with Crippen LogP contribution in [0.4, 0.5) is 9.18 Å². The summed E-state index contributed by atoms with van der Waals surface area (Å²) in [6.07, 6.45) is 2.30. The quantitative estimate of drug-likeness (QED) is 0.191. The number of carbonyl (C=O) groups excluding carboxylic acids is 2. The highest BCUT2D eigenvalue weighted by Crippen LogP contribution is 2.24. The summed E-state index contributed by atoms with van der Waals surface area (Å²) in [4.78, 5) is 29.0. The van der Waals surface area contributed by atoms with Crippen molar-refractivity contribution in [2.24, 2.45) is 5.73 Å². The van der Waals surface area contributed by atoms with Crippen LogP contribution in [0.1, 0.15) is 63.6 Å². The number of carbonyl (C=O) groups is 2. The van der Waals surface area contributed by atoms with E-state index in [2.05, 4.69) is 0 Å². The summed E-state index contributed by atoms with van der Waals surface area (Å²) in [6.45, 7) is 12.6. The van der Waals surface area contributed by atoms with Gasteiger partial charge in [-0.1, -0.05) is 61.0 Å². The van der Waals surface area contributed by atoms with Gasteiger partial charge >= 0.3 is 6.09 Å². The van der Waals surface area contributed by atoms with Crippen molar-refractivity contribution in [3.63, 3.8) is 0 Å². The Morgan fingerprint density at radius 1 is 1.02 bits per heavy atom. The molecule has 0 saturated carbocycles. The molecule has 0 aliphatic carbocycles. The van der Waals surface area contributed by atoms with Gasteiger partial charge in [-0.3, -0.25) is 4.79 Å². The second-order valence-electron chi connectivity index (χ2n) is 12.1. The van der Waals surface area contributed by atoms with Gasteiger partial charge in [0.25, 0.3) is 0 Å². The Hall–Kier alpha value is -3.44. The predicted molar refractivity (Wildman–Crippen MR) is 187 cm³/mol. The normalized spacial score (nSPS) is 13.9. The number of aryl methyl sites for hydroxylation is 1. The molecule has 1 fully saturated rings. The molecule has 1 aliphatic rings. The summed E-state index contributed by atoms with van der Waals surface area (Å²) in [5.74, 6) is -0.505. The second kappa shape index (κ2) is 19.4. The van der Waals surface area contributed by atoms with Crippen molar-refractivity contribution in [1.29, 1.82) is 0 Å². The molecule has 1 heterocycles. The fourth-order valence-corrected chi connectivity index (χ4v) is 5.49. The summed E-state index contributed by atoms with van der Waals surface area (Å²) in [6, 6.07) is 19.9. The molecular weight excluding hydrogens is 617 g/mol. The molecule has 10 heteroatoms. The first-order valence-corrected chi connectivity index (χ1v) is 17.2. The maximum Gasteiger partial charge on any atom is 0.410 e. The lowest BCUT2D eigenvalue weighted by Gasteiger charge is -2.31. The van der Waals surface area contributed by atoms with Gasteiger partial charge in [0.1, 0.15) is 5.82 Å². The van der Waals surface area contributed by atoms with E-state index in [0.717, 1.165) is 52.9 Å². The first kappa shape index (κ1) is 38.0. The van der Waals surface area contributed by atoms with E-state index in [1.165, 1.54) is 11.6 Å². The Labute approximate surface area is 283 Å². The molecule has 3 aromatic rings. The van der Waals surface area contributed by atoms with E-state index < -0.39 is 6.04 Å². The lowest BCUT2D eigenvalue weighted by Crippen LogP contribution is -2.45. The van der Waals surface area contributed by atoms with Crippen molar-refractivity contribution in [1.82, 2.24) is 9.80 Å². The van der Waals surface area contributed by atoms with Crippen LogP contribution in [0.5, 0.6) is 0 Å². The van der Waals surface area contributed by atoms with E-state index in [4.69, 9.17) is 19.8 Å². The SMILES string of the molecule is CCCN(CC)C(=O)C(N)Cc1ccc(-c2ccc(COC3CCN(C(=O)OC(C)C)CC3)cc2)cc1F.Cc1ccc(SO)cc1. The van der Waals surface area contributed by atoms with Crippen LogP contribution < -0.4 is 5.73 Å². The number of amides is 2. The standard InChI is InChI=1S/C30H42FN3O4.C7H8OS/c1-5-15-33(6-2)29(35)28(32)19-25-12-11-24(18-27(25)31)23-9-7-22(8-10-23)20-37-26-13-16-34(17-14-26)30(36)38-21(3)4;1-6-2-4-7(9-8)5-3-6/h7-12,18,21,26,28H,5-6,13-17,19-20,32H2,1-4H3;2-5,8H,1H3. The van der Waals surface area contributed by atoms with Crippen LogP contribution in [0.2, 0.25) is 0 Å². The first-order valence-electron chi connectivity index (χ1n) is 16.4. The lowest BCUT2D eigenvalue weighted by atomic mass is 9.99. The third-order valence-electron chi connectivity index (χ3n) is 7.93. The second-order valence-corrected chi connectivity index (χ2v) is 12.7. The molecule has 8 nitrogen and oxygen atoms in total. The molecule has 4 rings (SSSR count). The molecule has 1 unspecified atom stereocenters. The number of hydrogen-bond acceptors (Lipinski definition) is 7. The number of piperidine rings is 1. The zero-order chi connectivity index (χ0) is 34.3. The lowest BCUT2D eigenvalue weighted by molar-refractivity contribution is -0.132. The van der Waals surface area contributed by atoms with Crippen LogP contribution in [-0.2, 0) is 27.3 Å². The Morgan fingerprint density at radius 3 is 2.21 bits per heavy atom. The largest absolute Gasteiger partial charge is 0.447 e. The topological polar surface area (TPSA) is 105 Å². The smallest absolute Gasteiger partial charge is 0.410 e. The maximum atomic E-state index is 14.9. The highest BCUT2D eigenvalue weighted by molar-refractivity contribution is 7.93. The third-order valence-corrected chi connectivity index (χ3v) is 8.42. The van der Waals surface area contributed by atoms with Gasteiger partial charge < -0.3 is 29.6 Å². The van der Waals surface area contributed by atoms with Gasteiger partial charge in [-0.25, -0.2) is 9.18 Å². The minimum atomic E-state index is -0.762. The van der Waals surface area contributed by atoms with Crippen LogP contribution in [0, 0.1) is 12.7 Å². The first-order chi connectivity index (χ1) is 22.5. The molecule has 3 N–H and O–H groups in total. The van der Waals surface area contributed by atoms with Crippen molar-refractivity contribution in [2.75, 3.05) is 26.2 Å². The number of ether oxygens (including phenoxy) is 2. The molecule has 47 heavy (non-hydrogen) atoms. The Morgan fingerprint density at radius 2 is 1.66 bits per heavy atom. The average molecular weight is 668 g/mol. The van der Waals surface area contributed by atoms with Gasteiger partial charge in [0.15, 0.2) is 0 Å². The number of halogens is 1. The number of hydrogen-bond donors (Lipinski definition) is 2. The van der Waals surface area contributed by atoms with E-state index in [-0.39, 0.29) is 36.4 Å². The van der Waals surface area contributed by atoms with Crippen LogP contribution in [0.25, 0.3) is 11.1 Å². The van der Waals surface area contributed by atoms with Crippen molar-refractivity contribution < 1.29 is 28.0 Å². The van der Waals surface area contributed by atoms with Crippen LogP contribution >= 0.6 is 12.0 Å². The maximum absolute atomic E-state index is 14.9. The van der Waals surface area contributed by atoms with E-state index in [1.807, 2.05) is 89.2 Å². The third kappa shape index (κ3) is 12.3. The van der Waals surface area contributed by atoms with Gasteiger partial charge in [0.2, 0.25) is 5.91 Å². The molecule has 1 aliphatic heterocycles. The van der Waals surface area contributed by atoms with E-state index in [0.29, 0.717) is 38.3 Å². The Kier molecular flexibility index (Phi) is 15.7. The Bertz CT molecular complexity index is 1400. The van der Waals surface area contributed by atoms with Crippen LogP contribution in [0.3, 0.4) is 0 Å². The number of likely N-dealkylation sites (N-methyl/N-ethyl adjacent to an activating group) is 1. The fraction of sp³-hybridized carbons (Fsp3) is 0.459. The van der Waals surface area contributed by atoms with E-state index in [1.54, 1.807) is 15.9 Å². The molecule has 1 atom stereocenters. The van der Waals surface area contributed by atoms with E-state index in [9.17, 15) is 14.0 Å². The highest BCUT2D eigenvalue weighted by atomic mass is 32.2. The molecule has 256 valence electrons. The molecule has 2 amide bonds. The number of nitrogens with zero attached hydrogens (tertiary/aromatic N) is 2. The van der Waals surface area contributed by atoms with Gasteiger partial charge in [-0.2, -0.15) is 0 Å². The number of nitrogens with two attached hydrogens (primary N) is 1. The molecule has 0 radical (unpaired) electrons.